The van der Waals surface area contributed by atoms with E-state index in [-0.39, 0.29) is 12.5 Å². The van der Waals surface area contributed by atoms with E-state index in [2.05, 4.69) is 21.7 Å². The number of nitrogens with zero attached hydrogens (tertiary/aromatic N) is 4. The van der Waals surface area contributed by atoms with Gasteiger partial charge in [0.05, 0.1) is 26.0 Å². The van der Waals surface area contributed by atoms with Crippen molar-refractivity contribution in [3.63, 3.8) is 0 Å². The van der Waals surface area contributed by atoms with Crippen molar-refractivity contribution in [2.75, 3.05) is 25.5 Å². The third kappa shape index (κ3) is 4.99. The van der Waals surface area contributed by atoms with Gasteiger partial charge in [-0.25, -0.2) is 4.68 Å². The Morgan fingerprint density at radius 3 is 2.93 bits per heavy atom. The highest BCUT2D eigenvalue weighted by molar-refractivity contribution is 7.71. The lowest BCUT2D eigenvalue weighted by Crippen LogP contribution is -2.35. The first-order chi connectivity index (χ1) is 13.6. The van der Waals surface area contributed by atoms with Crippen LogP contribution in [0.1, 0.15) is 38.4 Å². The molecule has 0 aliphatic carbocycles. The summed E-state index contributed by atoms with van der Waals surface area (Å²) in [5.41, 5.74) is 0.678. The van der Waals surface area contributed by atoms with Crippen molar-refractivity contribution in [2.24, 2.45) is 0 Å². The molecular weight excluding hydrogens is 374 g/mol. The molecule has 0 saturated carbocycles. The average molecular weight is 404 g/mol. The lowest BCUT2D eigenvalue weighted by molar-refractivity contribution is -0.117. The third-order valence-electron chi connectivity index (χ3n) is 4.90. The molecule has 1 aliphatic rings. The van der Waals surface area contributed by atoms with Crippen LogP contribution in [0.3, 0.4) is 0 Å². The Morgan fingerprint density at radius 1 is 1.32 bits per heavy atom. The normalized spacial score (nSPS) is 13.8. The van der Waals surface area contributed by atoms with Crippen molar-refractivity contribution in [3.05, 3.63) is 34.9 Å². The number of nitrogens with one attached hydrogen (secondary N) is 1. The Balaban J connectivity index is 1.68. The predicted molar refractivity (Wildman–Crippen MR) is 112 cm³/mol. The van der Waals surface area contributed by atoms with Gasteiger partial charge in [-0.3, -0.25) is 9.69 Å². The first-order valence-electron chi connectivity index (χ1n) is 9.94. The standard InChI is InChI=1S/C20H29N5O2S/c1-3-12-23(14-19(26)21-16-9-6-7-10-17(16)27-2)15-25-20(28)24-13-8-4-5-11-18(24)22-25/h6-7,9-10H,3-5,8,11-15H2,1-2H3,(H,21,26). The number of hydrogen-bond acceptors (Lipinski definition) is 5. The minimum absolute atomic E-state index is 0.0785. The smallest absolute Gasteiger partial charge is 0.238 e. The maximum atomic E-state index is 12.6. The average Bonchev–Trinajstić information content (AvgIpc) is 2.85. The molecule has 1 aromatic heterocycles. The summed E-state index contributed by atoms with van der Waals surface area (Å²) < 4.78 is 10.1. The van der Waals surface area contributed by atoms with Gasteiger partial charge in [0.15, 0.2) is 4.77 Å². The molecule has 8 heteroatoms. The molecule has 1 amide bonds. The number of aryl methyl sites for hydroxylation is 1. The Bertz CT molecular complexity index is 861. The lowest BCUT2D eigenvalue weighted by Gasteiger charge is -2.21. The van der Waals surface area contributed by atoms with E-state index < -0.39 is 0 Å². The van der Waals surface area contributed by atoms with Crippen molar-refractivity contribution in [1.29, 1.82) is 0 Å². The summed E-state index contributed by atoms with van der Waals surface area (Å²) in [6.45, 7) is 4.63. The fourth-order valence-corrected chi connectivity index (χ4v) is 3.86. The molecule has 0 bridgehead atoms. The number of carbonyl (C=O) groups excluding carboxylic acids is 1. The molecule has 0 unspecified atom stereocenters. The summed E-state index contributed by atoms with van der Waals surface area (Å²) >= 11 is 5.65. The van der Waals surface area contributed by atoms with Crippen molar-refractivity contribution in [1.82, 2.24) is 19.2 Å². The fraction of sp³-hybridized carbons (Fsp3) is 0.550. The van der Waals surface area contributed by atoms with Crippen LogP contribution in [0.2, 0.25) is 0 Å². The number of rotatable bonds is 8. The molecule has 0 spiro atoms. The topological polar surface area (TPSA) is 64.3 Å². The summed E-state index contributed by atoms with van der Waals surface area (Å²) in [6, 6.07) is 7.42. The number of fused-ring (bicyclic) bond motifs is 1. The summed E-state index contributed by atoms with van der Waals surface area (Å²) in [4.78, 5) is 14.7. The van der Waals surface area contributed by atoms with Gasteiger partial charge in [-0.15, -0.1) is 0 Å². The maximum Gasteiger partial charge on any atom is 0.238 e. The number of ether oxygens (including phenoxy) is 1. The van der Waals surface area contributed by atoms with Gasteiger partial charge in [0, 0.05) is 19.5 Å². The Morgan fingerprint density at radius 2 is 2.14 bits per heavy atom. The molecule has 0 radical (unpaired) electrons. The minimum atomic E-state index is -0.0785. The highest BCUT2D eigenvalue weighted by Gasteiger charge is 2.17. The summed E-state index contributed by atoms with van der Waals surface area (Å²) in [6.07, 6.45) is 5.45. The van der Waals surface area contributed by atoms with Gasteiger partial charge in [-0.1, -0.05) is 25.5 Å². The van der Waals surface area contributed by atoms with Gasteiger partial charge < -0.3 is 14.6 Å². The molecule has 0 saturated heterocycles. The van der Waals surface area contributed by atoms with Crippen LogP contribution in [0.15, 0.2) is 24.3 Å². The van der Waals surface area contributed by atoms with E-state index in [1.165, 1.54) is 6.42 Å². The largest absolute Gasteiger partial charge is 0.495 e. The summed E-state index contributed by atoms with van der Waals surface area (Å²) in [5, 5.41) is 7.67. The monoisotopic (exact) mass is 403 g/mol. The number of para-hydroxylation sites is 2. The lowest BCUT2D eigenvalue weighted by atomic mass is 10.2. The van der Waals surface area contributed by atoms with E-state index in [9.17, 15) is 4.79 Å². The van der Waals surface area contributed by atoms with E-state index in [0.717, 1.165) is 49.4 Å². The molecule has 28 heavy (non-hydrogen) atoms. The van der Waals surface area contributed by atoms with Gasteiger partial charge in [-0.2, -0.15) is 5.10 Å². The van der Waals surface area contributed by atoms with Gasteiger partial charge in [0.2, 0.25) is 5.91 Å². The molecule has 0 atom stereocenters. The second-order valence-electron chi connectivity index (χ2n) is 7.10. The van der Waals surface area contributed by atoms with E-state index in [0.29, 0.717) is 18.1 Å². The number of aromatic nitrogens is 3. The molecule has 3 rings (SSSR count). The number of amides is 1. The summed E-state index contributed by atoms with van der Waals surface area (Å²) in [5.74, 6) is 1.64. The molecule has 152 valence electrons. The van der Waals surface area contributed by atoms with Crippen LogP contribution in [0.4, 0.5) is 5.69 Å². The number of benzene rings is 1. The van der Waals surface area contributed by atoms with Crippen LogP contribution in [0.25, 0.3) is 0 Å². The molecule has 2 aromatic rings. The minimum Gasteiger partial charge on any atom is -0.495 e. The first kappa shape index (κ1) is 20.5. The van der Waals surface area contributed by atoms with Crippen molar-refractivity contribution in [3.8, 4) is 5.75 Å². The SMILES string of the molecule is CCCN(CC(=O)Nc1ccccc1OC)Cn1nc2n(c1=S)CCCCC2. The predicted octanol–water partition coefficient (Wildman–Crippen LogP) is 3.46. The number of methoxy groups -OCH3 is 1. The van der Waals surface area contributed by atoms with Gasteiger partial charge >= 0.3 is 0 Å². The van der Waals surface area contributed by atoms with E-state index >= 15 is 0 Å². The van der Waals surface area contributed by atoms with E-state index in [4.69, 9.17) is 22.1 Å². The molecule has 2 heterocycles. The molecular formula is C20H29N5O2S. The fourth-order valence-electron chi connectivity index (χ4n) is 3.56. The maximum absolute atomic E-state index is 12.6. The van der Waals surface area contributed by atoms with Gasteiger partial charge in [0.25, 0.3) is 0 Å². The molecule has 7 nitrogen and oxygen atoms in total. The number of hydrogen-bond donors (Lipinski definition) is 1. The molecule has 1 N–H and O–H groups in total. The highest BCUT2D eigenvalue weighted by atomic mass is 32.1. The number of anilines is 1. The zero-order chi connectivity index (χ0) is 19.9. The van der Waals surface area contributed by atoms with Crippen LogP contribution < -0.4 is 10.1 Å². The molecule has 1 aromatic carbocycles. The Kier molecular flexibility index (Phi) is 7.22. The van der Waals surface area contributed by atoms with Crippen molar-refractivity contribution >= 4 is 23.8 Å². The summed E-state index contributed by atoms with van der Waals surface area (Å²) in [7, 11) is 1.60. The van der Waals surface area contributed by atoms with Crippen LogP contribution in [-0.2, 0) is 24.4 Å². The van der Waals surface area contributed by atoms with E-state index in [1.54, 1.807) is 7.11 Å². The molecule has 1 aliphatic heterocycles. The van der Waals surface area contributed by atoms with Crippen LogP contribution in [0, 0.1) is 4.77 Å². The number of carbonyl (C=O) groups is 1. The molecule has 0 fully saturated rings. The van der Waals surface area contributed by atoms with Gasteiger partial charge in [0.1, 0.15) is 11.6 Å². The Labute approximate surface area is 171 Å². The highest BCUT2D eigenvalue weighted by Crippen LogP contribution is 2.23. The third-order valence-corrected chi connectivity index (χ3v) is 5.33. The van der Waals surface area contributed by atoms with Gasteiger partial charge in [-0.05, 0) is 43.6 Å². The van der Waals surface area contributed by atoms with Crippen molar-refractivity contribution in [2.45, 2.75) is 52.2 Å². The van der Waals surface area contributed by atoms with Crippen LogP contribution >= 0.6 is 12.2 Å². The quantitative estimate of drug-likeness (QED) is 0.684. The second-order valence-corrected chi connectivity index (χ2v) is 7.47. The zero-order valence-electron chi connectivity index (χ0n) is 16.7. The van der Waals surface area contributed by atoms with Crippen LogP contribution in [0.5, 0.6) is 5.75 Å². The Hall–Kier alpha value is -2.19. The second kappa shape index (κ2) is 9.84. The zero-order valence-corrected chi connectivity index (χ0v) is 17.5. The van der Waals surface area contributed by atoms with E-state index in [1.807, 2.05) is 28.9 Å². The van der Waals surface area contributed by atoms with Crippen molar-refractivity contribution < 1.29 is 9.53 Å². The van der Waals surface area contributed by atoms with Crippen LogP contribution in [-0.4, -0.2) is 45.4 Å². The first-order valence-corrected chi connectivity index (χ1v) is 10.3.